The van der Waals surface area contributed by atoms with E-state index in [4.69, 9.17) is 0 Å². The third-order valence-electron chi connectivity index (χ3n) is 7.95. The number of fused-ring (bicyclic) bond motifs is 1. The van der Waals surface area contributed by atoms with Crippen LogP contribution in [0.25, 0.3) is 0 Å². The number of tetrazole rings is 1. The number of nitrogens with zero attached hydrogens (tertiary/aromatic N) is 7. The molecule has 2 aliphatic rings. The Labute approximate surface area is 331 Å². The predicted octanol–water partition coefficient (Wildman–Crippen LogP) is -3.13. The maximum absolute atomic E-state index is 13.7. The third kappa shape index (κ3) is 8.76. The Morgan fingerprint density at radius 2 is 1.85 bits per heavy atom. The number of carboxylic acids is 1. The SMILES string of the molecule is CN(C)c1ccc(Nc2ncc(NC(=O)N[C@@H](C(=O)NC3C(=O)N4C(C(=O)[O-])=C(CSc5nnnn5C)CS[C@H]34)c3ccc(O)cc3)c(=O)[nH]2)cc1.[Na+]. The largest absolute Gasteiger partial charge is 1.00 e. The smallest absolute Gasteiger partial charge is 0.543 e. The molecule has 0 spiro atoms. The minimum atomic E-state index is -1.54. The number of aromatic hydroxyl groups is 1. The first-order valence-corrected chi connectivity index (χ1v) is 17.5. The van der Waals surface area contributed by atoms with E-state index in [1.807, 2.05) is 43.3 Å². The maximum Gasteiger partial charge on any atom is 1.00 e. The molecule has 0 radical (unpaired) electrons. The number of nitrogens with one attached hydrogen (secondary N) is 5. The molecule has 270 valence electrons. The number of aromatic amines is 1. The van der Waals surface area contributed by atoms with Crippen LogP contribution in [0, 0.1) is 0 Å². The van der Waals surface area contributed by atoms with E-state index in [-0.39, 0.29) is 69.7 Å². The Morgan fingerprint density at radius 1 is 1.13 bits per heavy atom. The second-order valence-electron chi connectivity index (χ2n) is 11.7. The number of urea groups is 1. The summed E-state index contributed by atoms with van der Waals surface area (Å²) >= 11 is 2.45. The van der Waals surface area contributed by atoms with E-state index in [0.29, 0.717) is 16.4 Å². The van der Waals surface area contributed by atoms with Gasteiger partial charge in [0.25, 0.3) is 11.5 Å². The van der Waals surface area contributed by atoms with Crippen molar-refractivity contribution in [2.75, 3.05) is 41.1 Å². The van der Waals surface area contributed by atoms with Crippen LogP contribution in [0.1, 0.15) is 11.6 Å². The van der Waals surface area contributed by atoms with Crippen molar-refractivity contribution in [2.45, 2.75) is 22.6 Å². The summed E-state index contributed by atoms with van der Waals surface area (Å²) in [6.45, 7) is 0. The molecule has 4 aromatic rings. The zero-order valence-electron chi connectivity index (χ0n) is 28.7. The topological polar surface area (TPSA) is 256 Å². The van der Waals surface area contributed by atoms with Crippen molar-refractivity contribution in [2.24, 2.45) is 7.05 Å². The van der Waals surface area contributed by atoms with Gasteiger partial charge < -0.3 is 41.2 Å². The van der Waals surface area contributed by atoms with Crippen LogP contribution in [0.3, 0.4) is 0 Å². The summed E-state index contributed by atoms with van der Waals surface area (Å²) in [5, 5.41) is 43.3. The van der Waals surface area contributed by atoms with Crippen LogP contribution >= 0.6 is 23.5 Å². The van der Waals surface area contributed by atoms with Crippen molar-refractivity contribution in [1.82, 2.24) is 45.7 Å². The summed E-state index contributed by atoms with van der Waals surface area (Å²) in [4.78, 5) is 74.8. The summed E-state index contributed by atoms with van der Waals surface area (Å²) in [6.07, 6.45) is 1.14. The third-order valence-corrected chi connectivity index (χ3v) is 10.4. The maximum atomic E-state index is 13.7. The molecule has 53 heavy (non-hydrogen) atoms. The van der Waals surface area contributed by atoms with Gasteiger partial charge in [0.1, 0.15) is 28.9 Å². The van der Waals surface area contributed by atoms with Crippen LogP contribution in [0.4, 0.5) is 27.8 Å². The number of carboxylic acid groups (broad SMARTS) is 1. The number of aromatic nitrogens is 6. The van der Waals surface area contributed by atoms with Crippen molar-refractivity contribution >= 4 is 70.3 Å². The van der Waals surface area contributed by atoms with Crippen molar-refractivity contribution in [1.29, 1.82) is 0 Å². The summed E-state index contributed by atoms with van der Waals surface area (Å²) in [5.74, 6) is -2.58. The fraction of sp³-hybridized carbons (Fsp3) is 0.258. The molecule has 2 aromatic carbocycles. The van der Waals surface area contributed by atoms with Crippen LogP contribution in [0.5, 0.6) is 5.75 Å². The Kier molecular flexibility index (Phi) is 12.3. The Balaban J connectivity index is 0.00000541. The molecular weight excluding hydrogens is 740 g/mol. The van der Waals surface area contributed by atoms with Crippen molar-refractivity contribution < 1.29 is 58.9 Å². The molecule has 1 fully saturated rings. The van der Waals surface area contributed by atoms with Gasteiger partial charge in [0.2, 0.25) is 17.0 Å². The predicted molar refractivity (Wildman–Crippen MR) is 188 cm³/mol. The van der Waals surface area contributed by atoms with Gasteiger partial charge in [-0.3, -0.25) is 24.3 Å². The summed E-state index contributed by atoms with van der Waals surface area (Å²) < 4.78 is 1.43. The summed E-state index contributed by atoms with van der Waals surface area (Å²) in [5.41, 5.74) is 1.13. The van der Waals surface area contributed by atoms with E-state index < -0.39 is 46.8 Å². The molecule has 2 aromatic heterocycles. The van der Waals surface area contributed by atoms with Gasteiger partial charge in [-0.15, -0.1) is 16.9 Å². The normalized spacial score (nSPS) is 16.7. The fourth-order valence-corrected chi connectivity index (χ4v) is 7.63. The van der Waals surface area contributed by atoms with E-state index in [2.05, 4.69) is 46.8 Å². The first kappa shape index (κ1) is 39.1. The minimum absolute atomic E-state index is 0. The van der Waals surface area contributed by atoms with Gasteiger partial charge in [0.05, 0.1) is 17.9 Å². The number of phenols is 1. The number of amides is 4. The molecular formula is C31H31N12NaO7S2. The number of aryl methyl sites for hydroxylation is 1. The second kappa shape index (κ2) is 16.7. The number of rotatable bonds is 12. The zero-order chi connectivity index (χ0) is 37.1. The number of thioether (sulfide) groups is 2. The number of hydrogen-bond acceptors (Lipinski definition) is 15. The van der Waals surface area contributed by atoms with E-state index in [0.717, 1.165) is 16.8 Å². The molecule has 0 aliphatic carbocycles. The molecule has 4 amide bonds. The number of benzene rings is 2. The average molecular weight is 771 g/mol. The van der Waals surface area contributed by atoms with Gasteiger partial charge in [0.15, 0.2) is 0 Å². The molecule has 2 aliphatic heterocycles. The van der Waals surface area contributed by atoms with Crippen LogP contribution in [-0.2, 0) is 21.4 Å². The second-order valence-corrected chi connectivity index (χ2v) is 13.7. The van der Waals surface area contributed by atoms with Crippen LogP contribution < -0.4 is 66.4 Å². The van der Waals surface area contributed by atoms with Gasteiger partial charge >= 0.3 is 35.6 Å². The Bertz CT molecular complexity index is 2110. The van der Waals surface area contributed by atoms with Crippen molar-refractivity contribution in [3.05, 3.63) is 81.9 Å². The zero-order valence-corrected chi connectivity index (χ0v) is 32.3. The average Bonchev–Trinajstić information content (AvgIpc) is 3.53. The number of hydrogen-bond donors (Lipinski definition) is 6. The number of carbonyl (C=O) groups excluding carboxylic acids is 4. The van der Waals surface area contributed by atoms with Gasteiger partial charge in [-0.05, 0) is 58.0 Å². The Morgan fingerprint density at radius 3 is 2.47 bits per heavy atom. The molecule has 0 bridgehead atoms. The number of phenolic OH excluding ortho intramolecular Hbond substituents is 1. The van der Waals surface area contributed by atoms with Crippen LogP contribution in [0.15, 0.2) is 75.9 Å². The first-order valence-electron chi connectivity index (χ1n) is 15.4. The number of anilines is 4. The fourth-order valence-electron chi connectivity index (χ4n) is 5.30. The molecule has 6 N–H and O–H groups in total. The summed E-state index contributed by atoms with van der Waals surface area (Å²) in [7, 11) is 5.46. The van der Waals surface area contributed by atoms with Crippen LogP contribution in [-0.4, -0.2) is 101 Å². The monoisotopic (exact) mass is 770 g/mol. The summed E-state index contributed by atoms with van der Waals surface area (Å²) in [6, 6.07) is 9.32. The number of carbonyl (C=O) groups is 4. The molecule has 3 atom stereocenters. The van der Waals surface area contributed by atoms with Crippen molar-refractivity contribution in [3.63, 3.8) is 0 Å². The molecule has 1 saturated heterocycles. The molecule has 0 saturated carbocycles. The van der Waals surface area contributed by atoms with Crippen LogP contribution in [0.2, 0.25) is 0 Å². The van der Waals surface area contributed by atoms with E-state index in [1.165, 1.54) is 52.5 Å². The van der Waals surface area contributed by atoms with Gasteiger partial charge in [-0.1, -0.05) is 23.9 Å². The van der Waals surface area contributed by atoms with Gasteiger partial charge in [-0.2, -0.15) is 0 Å². The standard InChI is InChI=1S/C31H32N12O7S2.Na/c1-41(2)18-8-6-17(7-9-18)33-29-32-12-20(24(45)37-29)34-30(50)36-21(15-4-10-19(44)11-5-15)25(46)35-22-26(47)43-23(28(48)49)16(13-51-27(22)43)14-52-31-38-39-40-42(31)3;/h4-12,21-22,27,44H,13-14H2,1-3H3,(H,35,46)(H,48,49)(H2,34,36,50)(H2,32,33,37,45);/q;+1/p-1/t21-,22?,27-;/m1./s1. The minimum Gasteiger partial charge on any atom is -0.543 e. The van der Waals surface area contributed by atoms with E-state index >= 15 is 0 Å². The molecule has 4 heterocycles. The van der Waals surface area contributed by atoms with Gasteiger partial charge in [0, 0.05) is 44.0 Å². The molecule has 6 rings (SSSR count). The Hall–Kier alpha value is -5.09. The van der Waals surface area contributed by atoms with E-state index in [9.17, 15) is 34.2 Å². The van der Waals surface area contributed by atoms with E-state index in [1.54, 1.807) is 7.05 Å². The first-order chi connectivity index (χ1) is 24.9. The number of H-pyrrole nitrogens is 1. The molecule has 19 nitrogen and oxygen atoms in total. The van der Waals surface area contributed by atoms with Crippen molar-refractivity contribution in [3.8, 4) is 5.75 Å². The number of β-lactam (4-membered cyclic amide) rings is 1. The quantitative estimate of drug-likeness (QED) is 0.0473. The molecule has 1 unspecified atom stereocenters. The van der Waals surface area contributed by atoms with Gasteiger partial charge in [-0.25, -0.2) is 14.5 Å². The number of aliphatic carboxylic acids is 1. The molecule has 22 heteroatoms.